The van der Waals surface area contributed by atoms with E-state index in [2.05, 4.69) is 0 Å². The molecule has 0 aromatic rings. The minimum Gasteiger partial charge on any atom is -0.372 e. The molecule has 1 fully saturated rings. The highest BCUT2D eigenvalue weighted by Crippen LogP contribution is 2.22. The Balaban J connectivity index is 2.39. The summed E-state index contributed by atoms with van der Waals surface area (Å²) in [6.45, 7) is 2.27. The summed E-state index contributed by atoms with van der Waals surface area (Å²) in [5.74, 6) is 0. The molecule has 1 aliphatic heterocycles. The van der Waals surface area contributed by atoms with Crippen LogP contribution in [0.5, 0.6) is 0 Å². The fourth-order valence-corrected chi connectivity index (χ4v) is 2.18. The molecule has 2 atom stereocenters. The van der Waals surface area contributed by atoms with Crippen LogP contribution in [-0.4, -0.2) is 49.5 Å². The molecule has 102 valence electrons. The molecule has 17 heavy (non-hydrogen) atoms. The van der Waals surface area contributed by atoms with Crippen molar-refractivity contribution in [2.45, 2.75) is 44.6 Å². The largest absolute Gasteiger partial charge is 0.401 e. The van der Waals surface area contributed by atoms with Gasteiger partial charge in [-0.1, -0.05) is 6.92 Å². The van der Waals surface area contributed by atoms with Crippen LogP contribution in [0.1, 0.15) is 26.2 Å². The zero-order valence-electron chi connectivity index (χ0n) is 10.2. The second-order valence-corrected chi connectivity index (χ2v) is 4.54. The maximum Gasteiger partial charge on any atom is 0.401 e. The number of alkyl halides is 3. The quantitative estimate of drug-likeness (QED) is 0.785. The second-order valence-electron chi connectivity index (χ2n) is 4.54. The third kappa shape index (κ3) is 5.70. The van der Waals surface area contributed by atoms with Gasteiger partial charge in [-0.15, -0.1) is 0 Å². The molecule has 0 aliphatic carbocycles. The lowest BCUT2D eigenvalue weighted by Crippen LogP contribution is -2.40. The highest BCUT2D eigenvalue weighted by atomic mass is 19.4. The summed E-state index contributed by atoms with van der Waals surface area (Å²) in [4.78, 5) is 1.42. The maximum absolute atomic E-state index is 12.3. The molecule has 3 nitrogen and oxygen atoms in total. The van der Waals surface area contributed by atoms with Gasteiger partial charge in [0.1, 0.15) is 0 Å². The van der Waals surface area contributed by atoms with Crippen molar-refractivity contribution in [1.82, 2.24) is 4.90 Å². The molecule has 0 radical (unpaired) electrons. The van der Waals surface area contributed by atoms with Gasteiger partial charge < -0.3 is 10.5 Å². The monoisotopic (exact) mass is 254 g/mol. The van der Waals surface area contributed by atoms with E-state index in [1.807, 2.05) is 6.92 Å². The number of nitrogens with two attached hydrogens (primary N) is 1. The average Bonchev–Trinajstić information content (AvgIpc) is 2.63. The van der Waals surface area contributed by atoms with Gasteiger partial charge >= 0.3 is 6.18 Å². The van der Waals surface area contributed by atoms with Crippen LogP contribution >= 0.6 is 0 Å². The van der Waals surface area contributed by atoms with Crippen LogP contribution in [-0.2, 0) is 4.74 Å². The molecule has 1 saturated heterocycles. The van der Waals surface area contributed by atoms with Crippen molar-refractivity contribution in [2.75, 3.05) is 26.2 Å². The summed E-state index contributed by atoms with van der Waals surface area (Å²) in [5, 5.41) is 0. The van der Waals surface area contributed by atoms with Gasteiger partial charge in [-0.05, 0) is 25.8 Å². The van der Waals surface area contributed by atoms with Crippen LogP contribution < -0.4 is 5.73 Å². The molecule has 6 heteroatoms. The van der Waals surface area contributed by atoms with Gasteiger partial charge in [0.15, 0.2) is 0 Å². The van der Waals surface area contributed by atoms with Crippen LogP contribution in [0.2, 0.25) is 0 Å². The number of hydrogen-bond donors (Lipinski definition) is 1. The van der Waals surface area contributed by atoms with Crippen LogP contribution in [0.3, 0.4) is 0 Å². The number of rotatable bonds is 6. The summed E-state index contributed by atoms with van der Waals surface area (Å²) >= 11 is 0. The zero-order valence-corrected chi connectivity index (χ0v) is 10.2. The van der Waals surface area contributed by atoms with Gasteiger partial charge in [0.25, 0.3) is 0 Å². The average molecular weight is 254 g/mol. The molecule has 0 aromatic carbocycles. The minimum absolute atomic E-state index is 0.0226. The fraction of sp³-hybridized carbons (Fsp3) is 1.00. The molecule has 2 N–H and O–H groups in total. The molecule has 0 amide bonds. The molecule has 0 saturated carbocycles. The Morgan fingerprint density at radius 1 is 1.29 bits per heavy atom. The molecule has 0 spiro atoms. The first-order chi connectivity index (χ1) is 7.94. The molecular weight excluding hydrogens is 233 g/mol. The Kier molecular flexibility index (Phi) is 5.69. The van der Waals surface area contributed by atoms with Gasteiger partial charge in [-0.2, -0.15) is 13.2 Å². The van der Waals surface area contributed by atoms with Crippen molar-refractivity contribution in [3.8, 4) is 0 Å². The molecule has 1 rings (SSSR count). The van der Waals surface area contributed by atoms with E-state index >= 15 is 0 Å². The lowest BCUT2D eigenvalue weighted by atomic mass is 10.2. The molecule has 1 heterocycles. The standard InChI is InChI=1S/C11H21F3N2O/c1-2-5-16(8-11(12,13)14)7-10-4-3-9(6-15)17-10/h9-10H,2-8,15H2,1H3. The van der Waals surface area contributed by atoms with Crippen LogP contribution in [0, 0.1) is 0 Å². The highest BCUT2D eigenvalue weighted by Gasteiger charge is 2.33. The van der Waals surface area contributed by atoms with E-state index in [4.69, 9.17) is 10.5 Å². The molecule has 0 aromatic heterocycles. The van der Waals surface area contributed by atoms with E-state index in [1.165, 1.54) is 4.90 Å². The van der Waals surface area contributed by atoms with Gasteiger partial charge in [-0.3, -0.25) is 4.90 Å². The number of halogens is 3. The second kappa shape index (κ2) is 6.56. The zero-order chi connectivity index (χ0) is 12.9. The normalized spacial score (nSPS) is 25.8. The molecule has 1 aliphatic rings. The lowest BCUT2D eigenvalue weighted by Gasteiger charge is -2.26. The predicted molar refractivity (Wildman–Crippen MR) is 59.7 cm³/mol. The van der Waals surface area contributed by atoms with E-state index in [1.54, 1.807) is 0 Å². The van der Waals surface area contributed by atoms with Crippen molar-refractivity contribution in [3.63, 3.8) is 0 Å². The Bertz CT molecular complexity index is 223. The Hall–Kier alpha value is -0.330. The Morgan fingerprint density at radius 3 is 2.41 bits per heavy atom. The fourth-order valence-electron chi connectivity index (χ4n) is 2.18. The van der Waals surface area contributed by atoms with E-state index in [9.17, 15) is 13.2 Å². The summed E-state index contributed by atoms with van der Waals surface area (Å²) in [5.41, 5.74) is 5.47. The third-order valence-corrected chi connectivity index (χ3v) is 2.86. The van der Waals surface area contributed by atoms with Crippen molar-refractivity contribution in [3.05, 3.63) is 0 Å². The number of nitrogens with zero attached hydrogens (tertiary/aromatic N) is 1. The van der Waals surface area contributed by atoms with E-state index in [0.717, 1.165) is 12.8 Å². The Morgan fingerprint density at radius 2 is 1.94 bits per heavy atom. The first kappa shape index (κ1) is 14.7. The first-order valence-corrected chi connectivity index (χ1v) is 6.09. The van der Waals surface area contributed by atoms with Crippen molar-refractivity contribution in [2.24, 2.45) is 5.73 Å². The molecular formula is C11H21F3N2O. The number of ether oxygens (including phenoxy) is 1. The summed E-state index contributed by atoms with van der Waals surface area (Å²) in [6.07, 6.45) is -1.84. The van der Waals surface area contributed by atoms with Gasteiger partial charge in [0.05, 0.1) is 18.8 Å². The summed E-state index contributed by atoms with van der Waals surface area (Å²) < 4.78 is 42.6. The van der Waals surface area contributed by atoms with E-state index in [-0.39, 0.29) is 12.2 Å². The van der Waals surface area contributed by atoms with Gasteiger partial charge in [-0.25, -0.2) is 0 Å². The maximum atomic E-state index is 12.3. The predicted octanol–water partition coefficient (Wildman–Crippen LogP) is 1.77. The lowest BCUT2D eigenvalue weighted by molar-refractivity contribution is -0.149. The summed E-state index contributed by atoms with van der Waals surface area (Å²) in [7, 11) is 0. The molecule has 0 bridgehead atoms. The molecule has 2 unspecified atom stereocenters. The van der Waals surface area contributed by atoms with Gasteiger partial charge in [0, 0.05) is 13.1 Å². The SMILES string of the molecule is CCCN(CC1CCC(CN)O1)CC(F)(F)F. The first-order valence-electron chi connectivity index (χ1n) is 6.09. The smallest absolute Gasteiger partial charge is 0.372 e. The van der Waals surface area contributed by atoms with Crippen LogP contribution in [0.25, 0.3) is 0 Å². The van der Waals surface area contributed by atoms with Crippen LogP contribution in [0.15, 0.2) is 0 Å². The highest BCUT2D eigenvalue weighted by molar-refractivity contribution is 4.78. The van der Waals surface area contributed by atoms with Crippen molar-refractivity contribution < 1.29 is 17.9 Å². The Labute approximate surface area is 100 Å². The van der Waals surface area contributed by atoms with Crippen molar-refractivity contribution in [1.29, 1.82) is 0 Å². The van der Waals surface area contributed by atoms with Gasteiger partial charge in [0.2, 0.25) is 0 Å². The minimum atomic E-state index is -4.14. The van der Waals surface area contributed by atoms with Crippen molar-refractivity contribution >= 4 is 0 Å². The summed E-state index contributed by atoms with van der Waals surface area (Å²) in [6, 6.07) is 0. The van der Waals surface area contributed by atoms with E-state index < -0.39 is 12.7 Å². The number of hydrogen-bond acceptors (Lipinski definition) is 3. The topological polar surface area (TPSA) is 38.5 Å². The third-order valence-electron chi connectivity index (χ3n) is 2.86. The van der Waals surface area contributed by atoms with Crippen LogP contribution in [0.4, 0.5) is 13.2 Å². The van der Waals surface area contributed by atoms with E-state index in [0.29, 0.717) is 26.1 Å².